The quantitative estimate of drug-likeness (QED) is 0.825. The lowest BCUT2D eigenvalue weighted by molar-refractivity contribution is -0.136. The molecule has 2 rings (SSSR count). The van der Waals surface area contributed by atoms with Gasteiger partial charge in [-0.05, 0) is 24.0 Å². The lowest BCUT2D eigenvalue weighted by Crippen LogP contribution is -2.13. The average molecular weight is 262 g/mol. The van der Waals surface area contributed by atoms with E-state index in [2.05, 4.69) is 0 Å². The fourth-order valence-corrected chi connectivity index (χ4v) is 2.65. The summed E-state index contributed by atoms with van der Waals surface area (Å²) in [6, 6.07) is 7.67. The number of ether oxygens (including phenoxy) is 1. The van der Waals surface area contributed by atoms with Crippen molar-refractivity contribution < 1.29 is 14.6 Å². The third-order valence-corrected chi connectivity index (χ3v) is 3.74. The third kappa shape index (κ3) is 4.67. The van der Waals surface area contributed by atoms with Gasteiger partial charge in [-0.2, -0.15) is 0 Å². The van der Waals surface area contributed by atoms with E-state index in [0.29, 0.717) is 12.7 Å². The first-order valence-corrected chi connectivity index (χ1v) is 7.16. The highest BCUT2D eigenvalue weighted by Gasteiger charge is 2.14. The molecule has 0 spiro atoms. The molecule has 0 aromatic heterocycles. The van der Waals surface area contributed by atoms with Crippen LogP contribution in [0.1, 0.15) is 49.7 Å². The maximum absolute atomic E-state index is 10.8. The molecule has 0 heterocycles. The van der Waals surface area contributed by atoms with Gasteiger partial charge in [0.1, 0.15) is 0 Å². The van der Waals surface area contributed by atoms with E-state index in [4.69, 9.17) is 9.84 Å². The fraction of sp³-hybridized carbons (Fsp3) is 0.562. The number of rotatable bonds is 5. The number of carbonyl (C=O) groups is 1. The van der Waals surface area contributed by atoms with Gasteiger partial charge < -0.3 is 9.84 Å². The van der Waals surface area contributed by atoms with E-state index in [0.717, 1.165) is 24.0 Å². The summed E-state index contributed by atoms with van der Waals surface area (Å²) in [5.74, 6) is -0.790. The molecule has 3 heteroatoms. The van der Waals surface area contributed by atoms with E-state index in [-0.39, 0.29) is 6.42 Å². The highest BCUT2D eigenvalue weighted by molar-refractivity contribution is 5.70. The molecule has 1 aromatic carbocycles. The van der Waals surface area contributed by atoms with Crippen LogP contribution in [0.4, 0.5) is 0 Å². The average Bonchev–Trinajstić information content (AvgIpc) is 2.65. The topological polar surface area (TPSA) is 46.5 Å². The molecule has 1 fully saturated rings. The van der Waals surface area contributed by atoms with Gasteiger partial charge in [0, 0.05) is 0 Å². The Bertz CT molecular complexity index is 406. The molecule has 0 radical (unpaired) electrons. The van der Waals surface area contributed by atoms with Crippen LogP contribution in [0.25, 0.3) is 0 Å². The number of carboxylic acids is 1. The van der Waals surface area contributed by atoms with E-state index >= 15 is 0 Å². The molecule has 104 valence electrons. The molecule has 0 atom stereocenters. The van der Waals surface area contributed by atoms with Crippen LogP contribution in [0.3, 0.4) is 0 Å². The van der Waals surface area contributed by atoms with Gasteiger partial charge in [-0.15, -0.1) is 0 Å². The highest BCUT2D eigenvalue weighted by Crippen LogP contribution is 2.21. The first-order valence-electron chi connectivity index (χ1n) is 7.16. The van der Waals surface area contributed by atoms with Crippen LogP contribution in [0.5, 0.6) is 0 Å². The minimum absolute atomic E-state index is 0.0736. The van der Waals surface area contributed by atoms with Crippen LogP contribution in [0.2, 0.25) is 0 Å². The molecule has 1 saturated carbocycles. The van der Waals surface area contributed by atoms with Crippen molar-refractivity contribution >= 4 is 5.97 Å². The van der Waals surface area contributed by atoms with E-state index in [9.17, 15) is 4.79 Å². The van der Waals surface area contributed by atoms with Crippen molar-refractivity contribution in [3.8, 4) is 0 Å². The summed E-state index contributed by atoms with van der Waals surface area (Å²) in [6.07, 6.45) is 7.83. The van der Waals surface area contributed by atoms with Crippen molar-refractivity contribution in [1.29, 1.82) is 0 Å². The Morgan fingerprint density at radius 1 is 1.11 bits per heavy atom. The number of carboxylic acid groups (broad SMARTS) is 1. The van der Waals surface area contributed by atoms with Crippen molar-refractivity contribution in [2.75, 3.05) is 0 Å². The van der Waals surface area contributed by atoms with E-state index in [1.807, 2.05) is 24.3 Å². The van der Waals surface area contributed by atoms with E-state index in [1.54, 1.807) is 0 Å². The molecule has 1 aliphatic carbocycles. The summed E-state index contributed by atoms with van der Waals surface area (Å²) < 4.78 is 5.98. The normalized spacial score (nSPS) is 17.1. The number of hydrogen-bond donors (Lipinski definition) is 1. The molecule has 0 saturated heterocycles. The highest BCUT2D eigenvalue weighted by atomic mass is 16.5. The Labute approximate surface area is 114 Å². The minimum Gasteiger partial charge on any atom is -0.481 e. The summed E-state index contributed by atoms with van der Waals surface area (Å²) >= 11 is 0. The van der Waals surface area contributed by atoms with Crippen LogP contribution < -0.4 is 0 Å². The van der Waals surface area contributed by atoms with Crippen LogP contribution >= 0.6 is 0 Å². The van der Waals surface area contributed by atoms with Crippen molar-refractivity contribution in [3.63, 3.8) is 0 Å². The van der Waals surface area contributed by atoms with Gasteiger partial charge in [0.05, 0.1) is 19.1 Å². The molecule has 1 aromatic rings. The first-order chi connectivity index (χ1) is 9.25. The lowest BCUT2D eigenvalue weighted by atomic mass is 10.1. The van der Waals surface area contributed by atoms with Gasteiger partial charge in [0.25, 0.3) is 0 Å². The molecular formula is C16H22O3. The molecule has 0 amide bonds. The monoisotopic (exact) mass is 262 g/mol. The van der Waals surface area contributed by atoms with Crippen LogP contribution in [0, 0.1) is 0 Å². The SMILES string of the molecule is O=C(O)Cc1ccccc1COC1CCCCCC1. The molecule has 0 aliphatic heterocycles. The van der Waals surface area contributed by atoms with Crippen molar-refractivity contribution in [2.45, 2.75) is 57.7 Å². The summed E-state index contributed by atoms with van der Waals surface area (Å²) in [6.45, 7) is 0.536. The standard InChI is InChI=1S/C16H22O3/c17-16(18)11-13-7-5-6-8-14(13)12-19-15-9-3-1-2-4-10-15/h5-8,15H,1-4,9-12H2,(H,17,18). The largest absolute Gasteiger partial charge is 0.481 e. The van der Waals surface area contributed by atoms with Gasteiger partial charge in [-0.1, -0.05) is 49.9 Å². The summed E-state index contributed by atoms with van der Waals surface area (Å²) in [5, 5.41) is 8.90. The molecule has 1 N–H and O–H groups in total. The predicted octanol–water partition coefficient (Wildman–Crippen LogP) is 3.55. The Hall–Kier alpha value is -1.35. The van der Waals surface area contributed by atoms with Crippen molar-refractivity contribution in [2.24, 2.45) is 0 Å². The molecule has 0 unspecified atom stereocenters. The summed E-state index contributed by atoms with van der Waals surface area (Å²) in [5.41, 5.74) is 1.87. The molecule has 1 aliphatic rings. The second-order valence-corrected chi connectivity index (χ2v) is 5.26. The third-order valence-electron chi connectivity index (χ3n) is 3.74. The maximum Gasteiger partial charge on any atom is 0.307 e. The zero-order valence-corrected chi connectivity index (χ0v) is 11.3. The van der Waals surface area contributed by atoms with Gasteiger partial charge in [-0.25, -0.2) is 0 Å². The molecular weight excluding hydrogens is 240 g/mol. The molecule has 0 bridgehead atoms. The Kier molecular flexibility index (Phi) is 5.40. The minimum atomic E-state index is -0.790. The second kappa shape index (κ2) is 7.29. The summed E-state index contributed by atoms with van der Waals surface area (Å²) in [7, 11) is 0. The molecule has 19 heavy (non-hydrogen) atoms. The number of aliphatic carboxylic acids is 1. The Balaban J connectivity index is 1.92. The maximum atomic E-state index is 10.8. The molecule has 3 nitrogen and oxygen atoms in total. The zero-order valence-electron chi connectivity index (χ0n) is 11.3. The zero-order chi connectivity index (χ0) is 13.5. The van der Waals surface area contributed by atoms with E-state index < -0.39 is 5.97 Å². The van der Waals surface area contributed by atoms with Crippen LogP contribution in [-0.4, -0.2) is 17.2 Å². The van der Waals surface area contributed by atoms with Crippen LogP contribution in [-0.2, 0) is 22.6 Å². The first kappa shape index (κ1) is 14.1. The Morgan fingerprint density at radius 2 is 1.74 bits per heavy atom. The van der Waals surface area contributed by atoms with Crippen LogP contribution in [0.15, 0.2) is 24.3 Å². The van der Waals surface area contributed by atoms with Gasteiger partial charge in [-0.3, -0.25) is 4.79 Å². The summed E-state index contributed by atoms with van der Waals surface area (Å²) in [4.78, 5) is 10.8. The van der Waals surface area contributed by atoms with Gasteiger partial charge in [0.15, 0.2) is 0 Å². The van der Waals surface area contributed by atoms with Gasteiger partial charge in [0.2, 0.25) is 0 Å². The van der Waals surface area contributed by atoms with Crippen molar-refractivity contribution in [3.05, 3.63) is 35.4 Å². The fourth-order valence-electron chi connectivity index (χ4n) is 2.65. The second-order valence-electron chi connectivity index (χ2n) is 5.26. The number of hydrogen-bond acceptors (Lipinski definition) is 2. The van der Waals surface area contributed by atoms with E-state index in [1.165, 1.54) is 25.7 Å². The smallest absolute Gasteiger partial charge is 0.307 e. The van der Waals surface area contributed by atoms with Gasteiger partial charge >= 0.3 is 5.97 Å². The number of benzene rings is 1. The van der Waals surface area contributed by atoms with Crippen molar-refractivity contribution in [1.82, 2.24) is 0 Å². The Morgan fingerprint density at radius 3 is 2.37 bits per heavy atom. The lowest BCUT2D eigenvalue weighted by Gasteiger charge is -2.16. The predicted molar refractivity (Wildman–Crippen MR) is 74.1 cm³/mol.